The van der Waals surface area contributed by atoms with Gasteiger partial charge in [0, 0.05) is 76.2 Å². The molecule has 1 saturated heterocycles. The first-order valence-corrected chi connectivity index (χ1v) is 70.1. The number of carbonyl (C=O) groups is 2. The zero-order chi connectivity index (χ0) is 107. The molecule has 0 radical (unpaired) electrons. The smallest absolute Gasteiger partial charge is 0.345 e. The SMILES string of the molecule is CC(=O)COCC(C)C.CC(C)/C=C/P(C)(=O)O.CC(C)/C=C/P(C)(=O)O.CC(C)/C=C/P(C)(=O)O.CC(C)C(=O)NS(C)(=O)=O.CC(C)CCS(=O)(=O)CP(C)(=O)O.CC(C)CN1CCCS1(=O)=O.CC(C)CNS(C)(=O)=O.CC(C)COCS(C)(=O)=O.CC(C)COP(O)(=S)C[P+](C)=O.CCS(=O)(=O)CC(C)C.CNS(=O)(=O)/C=C/C(C)C.CNS(=O)(=O)CCC(C)C. The number of hydrogen-bond donors (Lipinski definition) is 9. The molecule has 1 rings (SSSR count). The Hall–Kier alpha value is -1.11. The highest BCUT2D eigenvalue weighted by Crippen LogP contribution is 2.49. The fourth-order valence-electron chi connectivity index (χ4n) is 6.64. The first-order valence-electron chi connectivity index (χ1n) is 42.3. The van der Waals surface area contributed by atoms with Crippen molar-refractivity contribution in [3.8, 4) is 0 Å². The average molecular weight is 2170 g/mol. The van der Waals surface area contributed by atoms with Crippen molar-refractivity contribution in [1.29, 1.82) is 0 Å². The lowest BCUT2D eigenvalue weighted by Gasteiger charge is -2.15. The molecule has 0 aromatic rings. The molecule has 130 heavy (non-hydrogen) atoms. The van der Waals surface area contributed by atoms with Crippen LogP contribution in [0.2, 0.25) is 0 Å². The molecule has 1 heterocycles. The number of allylic oxidation sites excluding steroid dienone is 4. The minimum atomic E-state index is -3.44. The third-order valence-electron chi connectivity index (χ3n) is 12.7. The van der Waals surface area contributed by atoms with Gasteiger partial charge in [-0.2, -0.15) is 0 Å². The minimum absolute atomic E-state index is 0.00303. The van der Waals surface area contributed by atoms with Gasteiger partial charge in [0.1, 0.15) is 34.5 Å². The van der Waals surface area contributed by atoms with Crippen LogP contribution in [0.1, 0.15) is 213 Å². The first-order chi connectivity index (χ1) is 57.4. The minimum Gasteiger partial charge on any atom is -0.373 e. The van der Waals surface area contributed by atoms with Crippen LogP contribution < -0.4 is 18.9 Å². The van der Waals surface area contributed by atoms with Gasteiger partial charge in [0.05, 0.1) is 48.7 Å². The van der Waals surface area contributed by atoms with E-state index in [1.165, 1.54) is 63.9 Å². The number of ether oxygens (including phenoxy) is 2. The van der Waals surface area contributed by atoms with E-state index in [9.17, 15) is 105 Å². The molecule has 6 atom stereocenters. The summed E-state index contributed by atoms with van der Waals surface area (Å²) in [4.78, 5) is 65.5. The maximum atomic E-state index is 11.2. The second-order valence-electron chi connectivity index (χ2n) is 35.9. The summed E-state index contributed by atoms with van der Waals surface area (Å²) in [6.45, 7) is 61.4. The lowest BCUT2D eigenvalue weighted by atomic mass is 10.2. The number of nitrogens with zero attached hydrogens (tertiary/aromatic N) is 1. The average Bonchev–Trinajstić information content (AvgIpc) is 1.73. The lowest BCUT2D eigenvalue weighted by molar-refractivity contribution is -0.122. The van der Waals surface area contributed by atoms with E-state index in [1.54, 1.807) is 56.0 Å². The summed E-state index contributed by atoms with van der Waals surface area (Å²) in [5.74, 6) is 8.98. The second-order valence-corrected chi connectivity index (χ2v) is 67.0. The molecule has 9 N–H and O–H groups in total. The number of nitrogens with one attached hydrogen (secondary N) is 4. The summed E-state index contributed by atoms with van der Waals surface area (Å²) in [5.41, 5.74) is -0.591. The van der Waals surface area contributed by atoms with E-state index in [1.807, 2.05) is 157 Å². The van der Waals surface area contributed by atoms with Crippen LogP contribution in [0.15, 0.2) is 47.2 Å². The Morgan fingerprint density at radius 2 is 0.900 bits per heavy atom. The van der Waals surface area contributed by atoms with Crippen LogP contribution in [0, 0.1) is 76.9 Å². The maximum absolute atomic E-state index is 11.2. The largest absolute Gasteiger partial charge is 0.373 e. The van der Waals surface area contributed by atoms with Gasteiger partial charge in [0.2, 0.25) is 97.9 Å². The van der Waals surface area contributed by atoms with Gasteiger partial charge in [-0.05, 0) is 141 Å². The van der Waals surface area contributed by atoms with E-state index in [0.29, 0.717) is 110 Å². The van der Waals surface area contributed by atoms with E-state index in [4.69, 9.17) is 45.4 Å². The van der Waals surface area contributed by atoms with Gasteiger partial charge in [-0.3, -0.25) is 32.6 Å². The predicted molar refractivity (Wildman–Crippen MR) is 549 cm³/mol. The molecule has 6 unspecified atom stereocenters. The third-order valence-corrected chi connectivity index (χ3v) is 32.5. The first kappa shape index (κ1) is 154. The molecule has 51 heteroatoms. The summed E-state index contributed by atoms with van der Waals surface area (Å²) in [7, 11) is -35.0. The molecule has 0 saturated carbocycles. The van der Waals surface area contributed by atoms with E-state index >= 15 is 0 Å². The van der Waals surface area contributed by atoms with Crippen molar-refractivity contribution >= 4 is 147 Å². The van der Waals surface area contributed by atoms with Gasteiger partial charge in [0.25, 0.3) is 0 Å². The van der Waals surface area contributed by atoms with Crippen molar-refractivity contribution in [2.45, 2.75) is 213 Å². The number of ketones is 1. The van der Waals surface area contributed by atoms with Crippen molar-refractivity contribution in [1.82, 2.24) is 23.2 Å². The maximum Gasteiger partial charge on any atom is 0.345 e. The number of sulfonamides is 5. The molecule has 1 aliphatic heterocycles. The Morgan fingerprint density at radius 3 is 1.12 bits per heavy atom. The quantitative estimate of drug-likeness (QED) is 0.0257. The molecule has 790 valence electrons. The number of rotatable bonds is 41. The zero-order valence-corrected chi connectivity index (χ0v) is 98.2. The van der Waals surface area contributed by atoms with Gasteiger partial charge in [0.15, 0.2) is 25.5 Å². The Morgan fingerprint density at radius 1 is 0.523 bits per heavy atom. The van der Waals surface area contributed by atoms with Crippen LogP contribution in [-0.4, -0.2) is 266 Å². The summed E-state index contributed by atoms with van der Waals surface area (Å²) < 4.78 is 251. The molecule has 1 amide bonds. The summed E-state index contributed by atoms with van der Waals surface area (Å²) in [6.07, 6.45) is 12.2. The van der Waals surface area contributed by atoms with E-state index in [2.05, 4.69) is 28.0 Å². The summed E-state index contributed by atoms with van der Waals surface area (Å²) in [6, 6.07) is 0. The molecule has 1 aliphatic rings. The lowest BCUT2D eigenvalue weighted by Crippen LogP contribution is -2.32. The summed E-state index contributed by atoms with van der Waals surface area (Å²) in [5, 5.41) is 1.18. The fraction of sp³-hybridized carbons (Fsp3) is 0.873. The monoisotopic (exact) mass is 2170 g/mol. The summed E-state index contributed by atoms with van der Waals surface area (Å²) >= 11 is 4.80. The van der Waals surface area contributed by atoms with Crippen LogP contribution in [0.4, 0.5) is 0 Å². The Labute approximate surface area is 797 Å². The zero-order valence-electron chi connectivity index (χ0n) is 85.5. The topological polar surface area (TPSA) is 573 Å². The van der Waals surface area contributed by atoms with Gasteiger partial charge in [-0.1, -0.05) is 216 Å². The van der Waals surface area contributed by atoms with Crippen molar-refractivity contribution in [2.75, 3.05) is 158 Å². The number of amides is 1. The molecular formula is C79H180N5O31P6S9+. The molecule has 0 aromatic heterocycles. The fourth-order valence-corrected chi connectivity index (χ4v) is 23.6. The normalized spacial score (nSPS) is 15.6. The van der Waals surface area contributed by atoms with Crippen LogP contribution in [0.25, 0.3) is 0 Å². The van der Waals surface area contributed by atoms with Crippen LogP contribution in [0.5, 0.6) is 0 Å². The van der Waals surface area contributed by atoms with Crippen LogP contribution >= 0.6 is 43.8 Å². The van der Waals surface area contributed by atoms with E-state index in [0.717, 1.165) is 44.8 Å². The van der Waals surface area contributed by atoms with E-state index < -0.39 is 135 Å². The number of sulfone groups is 3. The number of Topliss-reactive ketones (excluding diaryl/α,β-unsaturated/α-hetero) is 1. The Balaban J connectivity index is -0.000000116. The molecule has 36 nitrogen and oxygen atoms in total. The van der Waals surface area contributed by atoms with Gasteiger partial charge >= 0.3 is 7.80 Å². The van der Waals surface area contributed by atoms with Crippen LogP contribution in [-0.2, 0) is 138 Å². The number of hydrogen-bond acceptors (Lipinski definition) is 27. The highest BCUT2D eigenvalue weighted by atomic mass is 32.5. The van der Waals surface area contributed by atoms with Gasteiger partial charge < -0.3 is 38.5 Å². The highest BCUT2D eigenvalue weighted by molar-refractivity contribution is 8.11. The van der Waals surface area contributed by atoms with Crippen molar-refractivity contribution < 1.29 is 138 Å². The van der Waals surface area contributed by atoms with Gasteiger partial charge in [-0.15, -0.1) is 0 Å². The molecule has 0 aromatic carbocycles. The van der Waals surface area contributed by atoms with E-state index in [-0.39, 0.29) is 59.2 Å². The molecule has 0 bridgehead atoms. The molecule has 0 aliphatic carbocycles. The van der Waals surface area contributed by atoms with Crippen LogP contribution in [0.3, 0.4) is 0 Å². The second kappa shape index (κ2) is 79.5. The van der Waals surface area contributed by atoms with Crippen molar-refractivity contribution in [3.63, 3.8) is 0 Å². The Kier molecular flexibility index (Phi) is 94.4. The van der Waals surface area contributed by atoms with Crippen molar-refractivity contribution in [2.24, 2.45) is 76.9 Å². The molecule has 1 fully saturated rings. The standard InChI is InChI=1S/C7H15NO2S.C7H17O4PS.C7H14O2.C6H15NO2S.C6H13NO2S.C6H14O3P2S.C6H14O3S.3C6H13O2P.C6H14O2S.C5H11NO3S.C5H13NO2S/c1-7(2)6-8-4-3-5-11(8,9)10;1-7(2)4-5-13(10,11)6-12(3,8)9;1-6(2)4-9-5-7(3)8;2*1-6(2)4-5-10(8,9)7-3;1-6(2)4-9-11(8,12)5-10(3)7;1-6(2)4-9-5-10(3,7)8;3*1-6(2)4-5-9(3,7)8;1-4-9(7,8)5-6(2)3;1-4(2)5(7)6-10(3,8)9;1-5(2)4-6-9(3,7)8/h7H,3-6H2,1-2H3;7H,4-6H2,1-3H3,(H,8,9);6H,4-5H2,1-3H3;6-7H,4-5H2,1-3H3;4-7H,1-3H3;6H,4-5H2,1-3H3;6H,4-5H2,1-3H3;3*4-6H,1-3H3,(H,7,8);6H,4-5H2,1-3H3;4H,1-3H3,(H,6,7);5-6H,4H2,1-3H3/p+1/b;;;;5-4+;;;3*5-4+;;;. The third kappa shape index (κ3) is 164. The van der Waals surface area contributed by atoms with Crippen molar-refractivity contribution in [3.05, 3.63) is 47.2 Å². The predicted octanol–water partition coefficient (Wildman–Crippen LogP) is 14.7. The number of carbonyl (C=O) groups excluding carboxylic acids is 2. The Bertz CT molecular complexity index is 4260. The molecular weight excluding hydrogens is 1990 g/mol. The highest BCUT2D eigenvalue weighted by Gasteiger charge is 2.29. The molecule has 0 spiro atoms. The van der Waals surface area contributed by atoms with Gasteiger partial charge in [-0.25, -0.2) is 85.8 Å².